The minimum atomic E-state index is -0.833. The van der Waals surface area contributed by atoms with Crippen molar-refractivity contribution in [2.24, 2.45) is 0 Å². The molecule has 0 bridgehead atoms. The fourth-order valence-electron chi connectivity index (χ4n) is 2.46. The minimum absolute atomic E-state index is 0.133. The maximum absolute atomic E-state index is 12.8. The molecule has 0 saturated carbocycles. The zero-order valence-electron chi connectivity index (χ0n) is 13.8. The molecule has 2 amide bonds. The van der Waals surface area contributed by atoms with Crippen LogP contribution in [-0.2, 0) is 14.3 Å². The van der Waals surface area contributed by atoms with Crippen LogP contribution in [0.3, 0.4) is 0 Å². The molecule has 1 saturated heterocycles. The molecule has 0 radical (unpaired) electrons. The van der Waals surface area contributed by atoms with E-state index in [1.54, 1.807) is 25.1 Å². The van der Waals surface area contributed by atoms with Gasteiger partial charge in [0.25, 0.3) is 5.91 Å². The molecule has 0 spiro atoms. The number of nitrogens with one attached hydrogen (secondary N) is 1. The quantitative estimate of drug-likeness (QED) is 0.557. The second-order valence-corrected chi connectivity index (χ2v) is 6.97. The molecule has 1 aliphatic rings. The van der Waals surface area contributed by atoms with Crippen LogP contribution in [0.4, 0.5) is 0 Å². The normalized spacial score (nSPS) is 18.7. The van der Waals surface area contributed by atoms with E-state index < -0.39 is 12.0 Å². The van der Waals surface area contributed by atoms with Gasteiger partial charge in [0.1, 0.15) is 6.04 Å². The zero-order chi connectivity index (χ0) is 17.7. The van der Waals surface area contributed by atoms with Crippen LogP contribution in [0.25, 0.3) is 0 Å². The Balaban J connectivity index is 2.15. The fourth-order valence-corrected chi connectivity index (χ4v) is 3.00. The first kappa shape index (κ1) is 18.7. The highest BCUT2D eigenvalue weighted by molar-refractivity contribution is 14.1. The van der Waals surface area contributed by atoms with E-state index in [1.165, 1.54) is 4.90 Å². The van der Waals surface area contributed by atoms with Crippen molar-refractivity contribution in [2.45, 2.75) is 38.8 Å². The van der Waals surface area contributed by atoms with Crippen LogP contribution in [0.5, 0.6) is 0 Å². The molecule has 1 fully saturated rings. The second-order valence-electron chi connectivity index (χ2n) is 5.73. The number of amides is 2. The number of carbonyl (C=O) groups excluding carboxylic acids is 3. The third kappa shape index (κ3) is 4.68. The largest absolute Gasteiger partial charge is 0.463 e. The first-order chi connectivity index (χ1) is 11.4. The first-order valence-corrected chi connectivity index (χ1v) is 9.04. The van der Waals surface area contributed by atoms with Crippen molar-refractivity contribution < 1.29 is 19.1 Å². The lowest BCUT2D eigenvalue weighted by molar-refractivity contribution is -0.151. The van der Waals surface area contributed by atoms with Gasteiger partial charge >= 0.3 is 5.97 Å². The lowest BCUT2D eigenvalue weighted by atomic mass is 10.1. The molecule has 1 aromatic carbocycles. The number of esters is 1. The summed E-state index contributed by atoms with van der Waals surface area (Å²) >= 11 is 2.13. The molecule has 1 heterocycles. The molecule has 0 aliphatic carbocycles. The lowest BCUT2D eigenvalue weighted by Gasteiger charge is -2.34. The molecule has 1 aromatic rings. The first-order valence-electron chi connectivity index (χ1n) is 7.96. The van der Waals surface area contributed by atoms with E-state index in [9.17, 15) is 14.4 Å². The van der Waals surface area contributed by atoms with Gasteiger partial charge in [-0.25, -0.2) is 0 Å². The van der Waals surface area contributed by atoms with Crippen molar-refractivity contribution in [1.82, 2.24) is 10.2 Å². The van der Waals surface area contributed by atoms with Gasteiger partial charge in [-0.05, 0) is 54.1 Å². The number of carbonyl (C=O) groups is 3. The van der Waals surface area contributed by atoms with E-state index in [2.05, 4.69) is 27.9 Å². The Morgan fingerprint density at radius 2 is 2.21 bits per heavy atom. The van der Waals surface area contributed by atoms with E-state index in [0.29, 0.717) is 25.1 Å². The SMILES string of the molecule is CCC(C)OC(=O)CC1C(=O)NCCN1C(=O)c1cccc(I)c1. The van der Waals surface area contributed by atoms with Crippen molar-refractivity contribution in [3.05, 3.63) is 33.4 Å². The number of piperazine rings is 1. The zero-order valence-corrected chi connectivity index (χ0v) is 15.9. The Labute approximate surface area is 155 Å². The van der Waals surface area contributed by atoms with Gasteiger partial charge in [0.2, 0.25) is 5.91 Å². The van der Waals surface area contributed by atoms with Gasteiger partial charge in [0.15, 0.2) is 0 Å². The topological polar surface area (TPSA) is 75.7 Å². The maximum Gasteiger partial charge on any atom is 0.308 e. The number of hydrogen-bond acceptors (Lipinski definition) is 4. The van der Waals surface area contributed by atoms with Crippen molar-refractivity contribution in [3.63, 3.8) is 0 Å². The molecule has 6 nitrogen and oxygen atoms in total. The molecular formula is C17H21IN2O4. The summed E-state index contributed by atoms with van der Waals surface area (Å²) in [6.45, 7) is 4.47. The van der Waals surface area contributed by atoms with Gasteiger partial charge in [-0.2, -0.15) is 0 Å². The number of hydrogen-bond donors (Lipinski definition) is 1. The van der Waals surface area contributed by atoms with Gasteiger partial charge in [0, 0.05) is 22.2 Å². The molecule has 24 heavy (non-hydrogen) atoms. The molecule has 130 valence electrons. The van der Waals surface area contributed by atoms with Crippen LogP contribution in [0, 0.1) is 3.57 Å². The van der Waals surface area contributed by atoms with Crippen LogP contribution in [0.1, 0.15) is 37.0 Å². The molecular weight excluding hydrogens is 423 g/mol. The van der Waals surface area contributed by atoms with E-state index in [-0.39, 0.29) is 24.3 Å². The summed E-state index contributed by atoms with van der Waals surface area (Å²) < 4.78 is 6.18. The number of benzene rings is 1. The van der Waals surface area contributed by atoms with Crippen molar-refractivity contribution in [1.29, 1.82) is 0 Å². The van der Waals surface area contributed by atoms with E-state index >= 15 is 0 Å². The monoisotopic (exact) mass is 444 g/mol. The van der Waals surface area contributed by atoms with Crippen LogP contribution >= 0.6 is 22.6 Å². The smallest absolute Gasteiger partial charge is 0.308 e. The summed E-state index contributed by atoms with van der Waals surface area (Å²) in [5.74, 6) is -1.03. The summed E-state index contributed by atoms with van der Waals surface area (Å²) in [4.78, 5) is 38.4. The Morgan fingerprint density at radius 1 is 1.46 bits per heavy atom. The van der Waals surface area contributed by atoms with Gasteiger partial charge in [-0.15, -0.1) is 0 Å². The fraction of sp³-hybridized carbons (Fsp3) is 0.471. The van der Waals surface area contributed by atoms with Gasteiger partial charge in [0.05, 0.1) is 12.5 Å². The average Bonchev–Trinajstić information content (AvgIpc) is 2.56. The van der Waals surface area contributed by atoms with Crippen LogP contribution < -0.4 is 5.32 Å². The third-order valence-electron chi connectivity index (χ3n) is 3.93. The lowest BCUT2D eigenvalue weighted by Crippen LogP contribution is -2.57. The molecule has 1 aliphatic heterocycles. The van der Waals surface area contributed by atoms with Crippen LogP contribution in [0.15, 0.2) is 24.3 Å². The Hall–Kier alpha value is -1.64. The number of rotatable bonds is 5. The van der Waals surface area contributed by atoms with Gasteiger partial charge in [-0.1, -0.05) is 13.0 Å². The highest BCUT2D eigenvalue weighted by Gasteiger charge is 2.35. The molecule has 2 atom stereocenters. The molecule has 2 rings (SSSR count). The van der Waals surface area contributed by atoms with Gasteiger partial charge in [-0.3, -0.25) is 14.4 Å². The molecule has 2 unspecified atom stereocenters. The minimum Gasteiger partial charge on any atom is -0.463 e. The van der Waals surface area contributed by atoms with Crippen LogP contribution in [-0.4, -0.2) is 47.9 Å². The average molecular weight is 444 g/mol. The predicted molar refractivity (Wildman–Crippen MR) is 97.5 cm³/mol. The summed E-state index contributed by atoms with van der Waals surface area (Å²) in [6.07, 6.45) is 0.364. The number of halogens is 1. The van der Waals surface area contributed by atoms with E-state index in [0.717, 1.165) is 3.57 Å². The number of ether oxygens (including phenoxy) is 1. The van der Waals surface area contributed by atoms with E-state index in [1.807, 2.05) is 13.0 Å². The third-order valence-corrected chi connectivity index (χ3v) is 4.60. The van der Waals surface area contributed by atoms with Crippen molar-refractivity contribution in [3.8, 4) is 0 Å². The summed E-state index contributed by atoms with van der Waals surface area (Å²) in [7, 11) is 0. The standard InChI is InChI=1S/C17H21IN2O4/c1-3-11(2)24-15(21)10-14-16(22)19-7-8-20(14)17(23)12-5-4-6-13(18)9-12/h4-6,9,11,14H,3,7-8,10H2,1-2H3,(H,19,22). The summed E-state index contributed by atoms with van der Waals surface area (Å²) in [5.41, 5.74) is 0.511. The maximum atomic E-state index is 12.8. The number of nitrogens with zero attached hydrogens (tertiary/aromatic N) is 1. The Bertz CT molecular complexity index is 635. The predicted octanol–water partition coefficient (Wildman–Crippen LogP) is 1.96. The Morgan fingerprint density at radius 3 is 2.88 bits per heavy atom. The molecule has 1 N–H and O–H groups in total. The van der Waals surface area contributed by atoms with Crippen molar-refractivity contribution >= 4 is 40.4 Å². The highest BCUT2D eigenvalue weighted by Crippen LogP contribution is 2.17. The van der Waals surface area contributed by atoms with Crippen molar-refractivity contribution in [2.75, 3.05) is 13.1 Å². The molecule has 7 heteroatoms. The van der Waals surface area contributed by atoms with Gasteiger partial charge < -0.3 is 15.0 Å². The molecule has 0 aromatic heterocycles. The van der Waals surface area contributed by atoms with Crippen LogP contribution in [0.2, 0.25) is 0 Å². The second kappa shape index (κ2) is 8.46. The Kier molecular flexibility index (Phi) is 6.59. The summed E-state index contributed by atoms with van der Waals surface area (Å²) in [5, 5.41) is 2.71. The highest BCUT2D eigenvalue weighted by atomic mass is 127. The van der Waals surface area contributed by atoms with E-state index in [4.69, 9.17) is 4.74 Å². The summed E-state index contributed by atoms with van der Waals surface area (Å²) in [6, 6.07) is 6.34.